The standard InChI is InChI=1S/C17H34O2Si/c1-6-7-8-10-16(18)11-9-12-17(19)13-15(2)14-20(3,4)5/h17,19H,2,6-14H2,1,3-5H3/t17-/m1/s1. The molecule has 0 aromatic carbocycles. The number of ketones is 1. The van der Waals surface area contributed by atoms with Crippen molar-refractivity contribution in [3.8, 4) is 0 Å². The third kappa shape index (κ3) is 12.6. The van der Waals surface area contributed by atoms with E-state index >= 15 is 0 Å². The molecule has 3 heteroatoms. The van der Waals surface area contributed by atoms with E-state index in [1.807, 2.05) is 0 Å². The van der Waals surface area contributed by atoms with Gasteiger partial charge in [-0.15, -0.1) is 6.58 Å². The summed E-state index contributed by atoms with van der Waals surface area (Å²) in [6.07, 6.45) is 6.58. The minimum atomic E-state index is -1.12. The molecule has 118 valence electrons. The van der Waals surface area contributed by atoms with E-state index in [-0.39, 0.29) is 6.10 Å². The summed E-state index contributed by atoms with van der Waals surface area (Å²) in [7, 11) is -1.12. The number of hydrogen-bond acceptors (Lipinski definition) is 2. The van der Waals surface area contributed by atoms with Gasteiger partial charge in [-0.2, -0.15) is 0 Å². The fourth-order valence-corrected chi connectivity index (χ4v) is 4.13. The van der Waals surface area contributed by atoms with Crippen molar-refractivity contribution in [3.63, 3.8) is 0 Å². The molecule has 0 unspecified atom stereocenters. The molecule has 0 fully saturated rings. The van der Waals surface area contributed by atoms with Crippen molar-refractivity contribution in [3.05, 3.63) is 12.2 Å². The molecule has 0 rings (SSSR count). The summed E-state index contributed by atoms with van der Waals surface area (Å²) in [6.45, 7) is 13.2. The average molecular weight is 299 g/mol. The summed E-state index contributed by atoms with van der Waals surface area (Å²) in [5.41, 5.74) is 1.17. The molecule has 0 aliphatic carbocycles. The highest BCUT2D eigenvalue weighted by molar-refractivity contribution is 6.76. The number of carbonyl (C=O) groups is 1. The summed E-state index contributed by atoms with van der Waals surface area (Å²) in [6, 6.07) is 1.08. The lowest BCUT2D eigenvalue weighted by Crippen LogP contribution is -2.21. The molecule has 0 radical (unpaired) electrons. The lowest BCUT2D eigenvalue weighted by molar-refractivity contribution is -0.119. The van der Waals surface area contributed by atoms with Crippen LogP contribution >= 0.6 is 0 Å². The number of hydrogen-bond donors (Lipinski definition) is 1. The van der Waals surface area contributed by atoms with E-state index < -0.39 is 8.07 Å². The summed E-state index contributed by atoms with van der Waals surface area (Å²) in [5, 5.41) is 9.99. The summed E-state index contributed by atoms with van der Waals surface area (Å²) in [4.78, 5) is 11.6. The van der Waals surface area contributed by atoms with Gasteiger partial charge in [-0.1, -0.05) is 45.0 Å². The van der Waals surface area contributed by atoms with E-state index in [0.29, 0.717) is 25.0 Å². The fourth-order valence-electron chi connectivity index (χ4n) is 2.49. The summed E-state index contributed by atoms with van der Waals surface area (Å²) >= 11 is 0. The maximum atomic E-state index is 11.6. The maximum absolute atomic E-state index is 11.6. The Balaban J connectivity index is 3.70. The quantitative estimate of drug-likeness (QED) is 0.314. The van der Waals surface area contributed by atoms with Crippen LogP contribution in [-0.4, -0.2) is 25.1 Å². The molecule has 0 spiro atoms. The van der Waals surface area contributed by atoms with Crippen molar-refractivity contribution in [2.24, 2.45) is 0 Å². The zero-order valence-corrected chi connectivity index (χ0v) is 15.0. The van der Waals surface area contributed by atoms with Gasteiger partial charge in [0.25, 0.3) is 0 Å². The van der Waals surface area contributed by atoms with Crippen molar-refractivity contribution in [2.75, 3.05) is 0 Å². The Hall–Kier alpha value is -0.413. The molecule has 0 aliphatic heterocycles. The normalized spacial score (nSPS) is 13.2. The van der Waals surface area contributed by atoms with Crippen molar-refractivity contribution in [1.82, 2.24) is 0 Å². The number of carbonyl (C=O) groups excluding carboxylic acids is 1. The molecule has 0 saturated carbocycles. The van der Waals surface area contributed by atoms with E-state index in [4.69, 9.17) is 0 Å². The highest BCUT2D eigenvalue weighted by Crippen LogP contribution is 2.20. The molecular formula is C17H34O2Si. The molecule has 0 amide bonds. The van der Waals surface area contributed by atoms with Gasteiger partial charge in [0, 0.05) is 20.9 Å². The smallest absolute Gasteiger partial charge is 0.132 e. The van der Waals surface area contributed by atoms with Crippen LogP contribution in [0.1, 0.15) is 58.3 Å². The van der Waals surface area contributed by atoms with Crippen LogP contribution < -0.4 is 0 Å². The van der Waals surface area contributed by atoms with Gasteiger partial charge in [-0.05, 0) is 31.7 Å². The fraction of sp³-hybridized carbons (Fsp3) is 0.824. The second-order valence-electron chi connectivity index (χ2n) is 7.23. The van der Waals surface area contributed by atoms with Crippen LogP contribution in [0.25, 0.3) is 0 Å². The van der Waals surface area contributed by atoms with Gasteiger partial charge >= 0.3 is 0 Å². The molecule has 20 heavy (non-hydrogen) atoms. The van der Waals surface area contributed by atoms with Crippen molar-refractivity contribution in [2.45, 2.75) is 90.1 Å². The van der Waals surface area contributed by atoms with Crippen molar-refractivity contribution < 1.29 is 9.90 Å². The van der Waals surface area contributed by atoms with Crippen molar-refractivity contribution in [1.29, 1.82) is 0 Å². The van der Waals surface area contributed by atoms with Crippen LogP contribution in [0.5, 0.6) is 0 Å². The minimum absolute atomic E-state index is 0.317. The molecule has 0 aromatic heterocycles. The molecule has 1 atom stereocenters. The van der Waals surface area contributed by atoms with Crippen molar-refractivity contribution >= 4 is 13.9 Å². The second-order valence-corrected chi connectivity index (χ2v) is 12.7. The molecule has 0 aromatic rings. The van der Waals surface area contributed by atoms with Crippen LogP contribution in [0.2, 0.25) is 25.7 Å². The number of Topliss-reactive ketones (excluding diaryl/α,β-unsaturated/α-hetero) is 1. The molecule has 0 bridgehead atoms. The third-order valence-corrected chi connectivity index (χ3v) is 4.92. The first-order valence-electron chi connectivity index (χ1n) is 8.11. The van der Waals surface area contributed by atoms with E-state index in [0.717, 1.165) is 38.1 Å². The average Bonchev–Trinajstić information content (AvgIpc) is 2.26. The first-order chi connectivity index (χ1) is 9.24. The van der Waals surface area contributed by atoms with Gasteiger partial charge in [-0.3, -0.25) is 4.79 Å². The third-order valence-electron chi connectivity index (χ3n) is 3.36. The molecule has 1 N–H and O–H groups in total. The Morgan fingerprint density at radius 1 is 1.15 bits per heavy atom. The van der Waals surface area contributed by atoms with Gasteiger partial charge in [0.1, 0.15) is 5.78 Å². The van der Waals surface area contributed by atoms with Gasteiger partial charge < -0.3 is 5.11 Å². The highest BCUT2D eigenvalue weighted by atomic mass is 28.3. The SMILES string of the molecule is C=C(C[C@H](O)CCCC(=O)CCCCC)C[Si](C)(C)C. The molecule has 0 heterocycles. The van der Waals surface area contributed by atoms with E-state index in [1.54, 1.807) is 0 Å². The highest BCUT2D eigenvalue weighted by Gasteiger charge is 2.16. The molecule has 0 saturated heterocycles. The van der Waals surface area contributed by atoms with E-state index in [2.05, 4.69) is 33.1 Å². The van der Waals surface area contributed by atoms with Crippen LogP contribution in [0.3, 0.4) is 0 Å². The Kier molecular flexibility index (Phi) is 10.1. The number of aliphatic hydroxyl groups is 1. The van der Waals surface area contributed by atoms with Gasteiger partial charge in [0.2, 0.25) is 0 Å². The largest absolute Gasteiger partial charge is 0.393 e. The van der Waals surface area contributed by atoms with Crippen LogP contribution in [0.15, 0.2) is 12.2 Å². The van der Waals surface area contributed by atoms with Crippen LogP contribution in [0, 0.1) is 0 Å². The molecular weight excluding hydrogens is 264 g/mol. The van der Waals surface area contributed by atoms with Gasteiger partial charge in [0.05, 0.1) is 6.10 Å². The Bertz CT molecular complexity index is 292. The van der Waals surface area contributed by atoms with E-state index in [1.165, 1.54) is 5.57 Å². The Labute approximate surface area is 126 Å². The first kappa shape index (κ1) is 19.6. The van der Waals surface area contributed by atoms with Gasteiger partial charge in [0.15, 0.2) is 0 Å². The lowest BCUT2D eigenvalue weighted by atomic mass is 10.0. The Morgan fingerprint density at radius 3 is 2.30 bits per heavy atom. The number of aliphatic hydroxyl groups excluding tert-OH is 1. The van der Waals surface area contributed by atoms with Gasteiger partial charge in [-0.25, -0.2) is 0 Å². The second kappa shape index (κ2) is 10.3. The zero-order valence-electron chi connectivity index (χ0n) is 14.0. The first-order valence-corrected chi connectivity index (χ1v) is 11.8. The Morgan fingerprint density at radius 2 is 1.75 bits per heavy atom. The van der Waals surface area contributed by atoms with E-state index in [9.17, 15) is 9.90 Å². The summed E-state index contributed by atoms with van der Waals surface area (Å²) < 4.78 is 0. The predicted molar refractivity (Wildman–Crippen MR) is 90.9 cm³/mol. The number of rotatable bonds is 12. The maximum Gasteiger partial charge on any atom is 0.132 e. The topological polar surface area (TPSA) is 37.3 Å². The molecule has 2 nitrogen and oxygen atoms in total. The molecule has 0 aliphatic rings. The summed E-state index contributed by atoms with van der Waals surface area (Å²) in [5.74, 6) is 0.353. The minimum Gasteiger partial charge on any atom is -0.393 e. The predicted octanol–water partition coefficient (Wildman–Crippen LogP) is 4.95. The lowest BCUT2D eigenvalue weighted by Gasteiger charge is -2.19. The van der Waals surface area contributed by atoms with Crippen LogP contribution in [0.4, 0.5) is 0 Å². The zero-order chi connectivity index (χ0) is 15.6. The monoisotopic (exact) mass is 298 g/mol. The van der Waals surface area contributed by atoms with Crippen LogP contribution in [-0.2, 0) is 4.79 Å². The number of unbranched alkanes of at least 4 members (excludes halogenated alkanes) is 2.